The van der Waals surface area contributed by atoms with Crippen molar-refractivity contribution in [1.82, 2.24) is 5.32 Å². The molecule has 2 aromatic carbocycles. The molecule has 160 valence electrons. The minimum Gasteiger partial charge on any atom is -0.493 e. The maximum Gasteiger partial charge on any atom is 0.349 e. The number of benzene rings is 2. The van der Waals surface area contributed by atoms with E-state index in [-0.39, 0.29) is 30.2 Å². The zero-order valence-corrected chi connectivity index (χ0v) is 17.5. The fraction of sp³-hybridized carbons (Fsp3) is 0.208. The van der Waals surface area contributed by atoms with Crippen molar-refractivity contribution in [3.05, 3.63) is 71.8 Å². The molecule has 7 heteroatoms. The van der Waals surface area contributed by atoms with E-state index in [2.05, 4.69) is 11.9 Å². The summed E-state index contributed by atoms with van der Waals surface area (Å²) >= 11 is 0. The number of nitriles is 1. The van der Waals surface area contributed by atoms with Crippen LogP contribution in [0.2, 0.25) is 0 Å². The zero-order valence-electron chi connectivity index (χ0n) is 17.5. The number of ether oxygens (including phenoxy) is 3. The Balaban J connectivity index is 2.09. The van der Waals surface area contributed by atoms with Gasteiger partial charge in [-0.15, -0.1) is 6.58 Å². The predicted molar refractivity (Wildman–Crippen MR) is 117 cm³/mol. The van der Waals surface area contributed by atoms with Gasteiger partial charge in [0.15, 0.2) is 18.1 Å². The third-order valence-electron chi connectivity index (χ3n) is 4.19. The summed E-state index contributed by atoms with van der Waals surface area (Å²) in [5, 5.41) is 11.8. The number of nitrogens with one attached hydrogen (secondary N) is 1. The number of methoxy groups -OCH3 is 1. The Bertz CT molecular complexity index is 1020. The van der Waals surface area contributed by atoms with E-state index in [9.17, 15) is 14.9 Å². The molecule has 0 aliphatic rings. The topological polar surface area (TPSA) is 97.7 Å². The third kappa shape index (κ3) is 6.75. The van der Waals surface area contributed by atoms with E-state index in [0.717, 1.165) is 12.0 Å². The summed E-state index contributed by atoms with van der Waals surface area (Å²) in [5.41, 5.74) is 1.46. The van der Waals surface area contributed by atoms with Crippen molar-refractivity contribution in [1.29, 1.82) is 5.26 Å². The lowest BCUT2D eigenvalue weighted by Crippen LogP contribution is -2.24. The molecule has 2 rings (SSSR count). The number of rotatable bonds is 10. The molecule has 31 heavy (non-hydrogen) atoms. The van der Waals surface area contributed by atoms with Crippen LogP contribution in [0.4, 0.5) is 0 Å². The van der Waals surface area contributed by atoms with Crippen LogP contribution >= 0.6 is 0 Å². The minimum absolute atomic E-state index is 0.0726. The number of nitrogens with zero attached hydrogens (tertiary/aromatic N) is 1. The van der Waals surface area contributed by atoms with Gasteiger partial charge < -0.3 is 19.5 Å². The second kappa shape index (κ2) is 11.8. The van der Waals surface area contributed by atoms with Gasteiger partial charge in [0.1, 0.15) is 17.4 Å². The first-order valence-corrected chi connectivity index (χ1v) is 9.62. The van der Waals surface area contributed by atoms with Crippen molar-refractivity contribution in [3.63, 3.8) is 0 Å². The van der Waals surface area contributed by atoms with E-state index in [4.69, 9.17) is 14.2 Å². The van der Waals surface area contributed by atoms with Crippen LogP contribution in [-0.4, -0.2) is 32.1 Å². The molecular weight excluding hydrogens is 396 g/mol. The number of carbonyl (C=O) groups excluding carboxylic acids is 2. The highest BCUT2D eigenvalue weighted by Gasteiger charge is 2.14. The molecule has 0 fully saturated rings. The van der Waals surface area contributed by atoms with E-state index in [0.29, 0.717) is 11.3 Å². The molecule has 0 spiro atoms. The van der Waals surface area contributed by atoms with Gasteiger partial charge in [-0.25, -0.2) is 4.79 Å². The highest BCUT2D eigenvalue weighted by molar-refractivity contribution is 6.01. The normalized spacial score (nSPS) is 10.5. The standard InChI is InChI=1S/C24H24N2O5/c1-4-12-26-24(28)19(15-25)13-17-10-11-21(22(14-17)29-3)31-23(27)16-30-20-9-7-6-8-18(20)5-2/h4,6-11,13-14H,1,5,12,16H2,2-3H3,(H,26,28). The Hall–Kier alpha value is -4.05. The molecule has 0 radical (unpaired) electrons. The van der Waals surface area contributed by atoms with Crippen LogP contribution in [0.3, 0.4) is 0 Å². The Kier molecular flexibility index (Phi) is 8.87. The summed E-state index contributed by atoms with van der Waals surface area (Å²) in [6.45, 7) is 5.51. The molecular formula is C24H24N2O5. The van der Waals surface area contributed by atoms with Gasteiger partial charge in [0.25, 0.3) is 5.91 Å². The fourth-order valence-corrected chi connectivity index (χ4v) is 2.66. The van der Waals surface area contributed by atoms with Crippen LogP contribution in [0, 0.1) is 11.3 Å². The van der Waals surface area contributed by atoms with Crippen molar-refractivity contribution in [2.24, 2.45) is 0 Å². The van der Waals surface area contributed by atoms with Gasteiger partial charge in [0.05, 0.1) is 7.11 Å². The van der Waals surface area contributed by atoms with Crippen LogP contribution < -0.4 is 19.5 Å². The number of carbonyl (C=O) groups is 2. The van der Waals surface area contributed by atoms with Crippen molar-refractivity contribution in [2.75, 3.05) is 20.3 Å². The third-order valence-corrected chi connectivity index (χ3v) is 4.19. The van der Waals surface area contributed by atoms with E-state index in [1.165, 1.54) is 25.3 Å². The smallest absolute Gasteiger partial charge is 0.349 e. The molecule has 1 amide bonds. The van der Waals surface area contributed by atoms with Crippen molar-refractivity contribution in [3.8, 4) is 23.3 Å². The SMILES string of the molecule is C=CCNC(=O)C(C#N)=Cc1ccc(OC(=O)COc2ccccc2CC)c(OC)c1. The lowest BCUT2D eigenvalue weighted by Gasteiger charge is -2.12. The molecule has 7 nitrogen and oxygen atoms in total. The average Bonchev–Trinajstić information content (AvgIpc) is 2.80. The summed E-state index contributed by atoms with van der Waals surface area (Å²) in [6.07, 6.45) is 3.71. The van der Waals surface area contributed by atoms with Gasteiger partial charge in [-0.05, 0) is 41.8 Å². The molecule has 2 aromatic rings. The van der Waals surface area contributed by atoms with Gasteiger partial charge >= 0.3 is 5.97 Å². The summed E-state index contributed by atoms with van der Waals surface area (Å²) in [5.74, 6) is 0.00931. The van der Waals surface area contributed by atoms with Gasteiger partial charge in [-0.2, -0.15) is 5.26 Å². The summed E-state index contributed by atoms with van der Waals surface area (Å²) < 4.78 is 16.2. The van der Waals surface area contributed by atoms with Crippen LogP contribution in [0.25, 0.3) is 6.08 Å². The van der Waals surface area contributed by atoms with E-state index in [1.807, 2.05) is 31.2 Å². The lowest BCUT2D eigenvalue weighted by atomic mass is 10.1. The number of para-hydroxylation sites is 1. The number of hydrogen-bond donors (Lipinski definition) is 1. The quantitative estimate of drug-likeness (QED) is 0.208. The first-order valence-electron chi connectivity index (χ1n) is 9.62. The molecule has 0 aliphatic carbocycles. The van der Waals surface area contributed by atoms with Crippen LogP contribution in [-0.2, 0) is 16.0 Å². The highest BCUT2D eigenvalue weighted by atomic mass is 16.6. The monoisotopic (exact) mass is 420 g/mol. The fourth-order valence-electron chi connectivity index (χ4n) is 2.66. The van der Waals surface area contributed by atoms with E-state index >= 15 is 0 Å². The highest BCUT2D eigenvalue weighted by Crippen LogP contribution is 2.29. The number of hydrogen-bond acceptors (Lipinski definition) is 6. The van der Waals surface area contributed by atoms with Crippen LogP contribution in [0.5, 0.6) is 17.2 Å². The molecule has 0 unspecified atom stereocenters. The minimum atomic E-state index is -0.589. The molecule has 0 bridgehead atoms. The zero-order chi connectivity index (χ0) is 22.6. The summed E-state index contributed by atoms with van der Waals surface area (Å²) in [6, 6.07) is 14.0. The second-order valence-electron chi connectivity index (χ2n) is 6.30. The molecule has 1 N–H and O–H groups in total. The van der Waals surface area contributed by atoms with Crippen molar-refractivity contribution < 1.29 is 23.8 Å². The number of aryl methyl sites for hydroxylation is 1. The average molecular weight is 420 g/mol. The Morgan fingerprint density at radius 3 is 2.61 bits per heavy atom. The van der Waals surface area contributed by atoms with Gasteiger partial charge in [-0.3, -0.25) is 4.79 Å². The molecule has 0 atom stereocenters. The maximum absolute atomic E-state index is 12.2. The maximum atomic E-state index is 12.2. The number of esters is 1. The number of amides is 1. The van der Waals surface area contributed by atoms with Crippen LogP contribution in [0.1, 0.15) is 18.1 Å². The Labute approximate surface area is 181 Å². The van der Waals surface area contributed by atoms with E-state index < -0.39 is 11.9 Å². The summed E-state index contributed by atoms with van der Waals surface area (Å²) in [4.78, 5) is 24.2. The summed E-state index contributed by atoms with van der Waals surface area (Å²) in [7, 11) is 1.43. The Morgan fingerprint density at radius 1 is 1.16 bits per heavy atom. The lowest BCUT2D eigenvalue weighted by molar-refractivity contribution is -0.136. The molecule has 0 aromatic heterocycles. The molecule has 0 aliphatic heterocycles. The van der Waals surface area contributed by atoms with Crippen molar-refractivity contribution >= 4 is 18.0 Å². The van der Waals surface area contributed by atoms with Gasteiger partial charge in [0.2, 0.25) is 0 Å². The van der Waals surface area contributed by atoms with Crippen molar-refractivity contribution in [2.45, 2.75) is 13.3 Å². The molecule has 0 saturated carbocycles. The first-order chi connectivity index (χ1) is 15.0. The Morgan fingerprint density at radius 2 is 1.94 bits per heavy atom. The molecule has 0 heterocycles. The van der Waals surface area contributed by atoms with Gasteiger partial charge in [-0.1, -0.05) is 37.3 Å². The largest absolute Gasteiger partial charge is 0.493 e. The molecule has 0 saturated heterocycles. The predicted octanol–water partition coefficient (Wildman–Crippen LogP) is 3.45. The van der Waals surface area contributed by atoms with Gasteiger partial charge in [0, 0.05) is 6.54 Å². The van der Waals surface area contributed by atoms with Crippen LogP contribution in [0.15, 0.2) is 60.7 Å². The second-order valence-corrected chi connectivity index (χ2v) is 6.30. The first kappa shape index (κ1) is 23.2. The van der Waals surface area contributed by atoms with E-state index in [1.54, 1.807) is 18.2 Å².